The fourth-order valence-corrected chi connectivity index (χ4v) is 2.75. The lowest BCUT2D eigenvalue weighted by Crippen LogP contribution is -2.33. The number of amides is 2. The monoisotopic (exact) mass is 369 g/mol. The van der Waals surface area contributed by atoms with Crippen LogP contribution in [0.25, 0.3) is 0 Å². The molecule has 7 heteroatoms. The van der Waals surface area contributed by atoms with E-state index >= 15 is 0 Å². The highest BCUT2D eigenvalue weighted by Crippen LogP contribution is 2.12. The molecular formula is C18H28ClN3O3. The first kappa shape index (κ1) is 21.4. The lowest BCUT2D eigenvalue weighted by atomic mass is 10.1. The van der Waals surface area contributed by atoms with Gasteiger partial charge in [-0.3, -0.25) is 9.59 Å². The molecule has 1 heterocycles. The summed E-state index contributed by atoms with van der Waals surface area (Å²) in [6.45, 7) is 7.05. The van der Waals surface area contributed by atoms with E-state index in [1.54, 1.807) is 29.2 Å². The molecule has 0 radical (unpaired) electrons. The molecule has 2 N–H and O–H groups in total. The number of hydrogen-bond acceptors (Lipinski definition) is 4. The Hall–Kier alpha value is -1.63. The van der Waals surface area contributed by atoms with Crippen molar-refractivity contribution in [2.75, 3.05) is 38.1 Å². The van der Waals surface area contributed by atoms with E-state index in [4.69, 9.17) is 4.74 Å². The lowest BCUT2D eigenvalue weighted by Gasteiger charge is -2.18. The first-order valence-corrected chi connectivity index (χ1v) is 8.65. The van der Waals surface area contributed by atoms with Crippen LogP contribution >= 0.6 is 12.4 Å². The van der Waals surface area contributed by atoms with Gasteiger partial charge in [0.2, 0.25) is 5.91 Å². The van der Waals surface area contributed by atoms with Gasteiger partial charge in [0.1, 0.15) is 0 Å². The molecule has 6 nitrogen and oxygen atoms in total. The number of anilines is 1. The predicted molar refractivity (Wildman–Crippen MR) is 101 cm³/mol. The first-order chi connectivity index (χ1) is 11.6. The molecule has 1 aliphatic rings. The molecule has 2 amide bonds. The van der Waals surface area contributed by atoms with Crippen LogP contribution in [-0.2, 0) is 9.53 Å². The Balaban J connectivity index is 0.00000312. The van der Waals surface area contributed by atoms with Crippen LogP contribution in [0.1, 0.15) is 37.0 Å². The molecular weight excluding hydrogens is 342 g/mol. The second-order valence-electron chi connectivity index (χ2n) is 5.87. The summed E-state index contributed by atoms with van der Waals surface area (Å²) in [6, 6.07) is 7.01. The highest BCUT2D eigenvalue weighted by atomic mass is 35.5. The van der Waals surface area contributed by atoms with Crippen LogP contribution < -0.4 is 10.6 Å². The van der Waals surface area contributed by atoms with Crippen molar-refractivity contribution in [1.82, 2.24) is 10.2 Å². The van der Waals surface area contributed by atoms with Crippen LogP contribution in [0, 0.1) is 0 Å². The quantitative estimate of drug-likeness (QED) is 0.737. The van der Waals surface area contributed by atoms with Crippen molar-refractivity contribution < 1.29 is 14.3 Å². The second kappa shape index (κ2) is 11.1. The van der Waals surface area contributed by atoms with Gasteiger partial charge < -0.3 is 20.3 Å². The summed E-state index contributed by atoms with van der Waals surface area (Å²) >= 11 is 0. The number of carbonyl (C=O) groups is 2. The lowest BCUT2D eigenvalue weighted by molar-refractivity contribution is -0.115. The zero-order chi connectivity index (χ0) is 17.4. The predicted octanol–water partition coefficient (Wildman–Crippen LogP) is 2.30. The zero-order valence-electron chi connectivity index (χ0n) is 14.9. The van der Waals surface area contributed by atoms with Gasteiger partial charge in [-0.1, -0.05) is 0 Å². The normalized spacial score (nSPS) is 16.2. The summed E-state index contributed by atoms with van der Waals surface area (Å²) in [5.74, 6) is -0.0908. The maximum Gasteiger partial charge on any atom is 0.253 e. The number of ether oxygens (including phenoxy) is 1. The van der Waals surface area contributed by atoms with Gasteiger partial charge in [-0.25, -0.2) is 0 Å². The summed E-state index contributed by atoms with van der Waals surface area (Å²) in [4.78, 5) is 25.9. The molecule has 1 aliphatic heterocycles. The minimum absolute atomic E-state index is 0. The number of nitrogens with zero attached hydrogens (tertiary/aromatic N) is 1. The zero-order valence-corrected chi connectivity index (χ0v) is 15.7. The maximum absolute atomic E-state index is 12.2. The number of nitrogens with one attached hydrogen (secondary N) is 2. The molecule has 1 aromatic rings. The van der Waals surface area contributed by atoms with Crippen molar-refractivity contribution in [1.29, 1.82) is 0 Å². The average molecular weight is 370 g/mol. The third-order valence-corrected chi connectivity index (χ3v) is 4.15. The summed E-state index contributed by atoms with van der Waals surface area (Å²) in [5, 5.41) is 5.93. The Bertz CT molecular complexity index is 541. The van der Waals surface area contributed by atoms with Crippen molar-refractivity contribution >= 4 is 29.9 Å². The first-order valence-electron chi connectivity index (χ1n) is 8.65. The molecule has 25 heavy (non-hydrogen) atoms. The van der Waals surface area contributed by atoms with E-state index in [1.807, 2.05) is 13.8 Å². The van der Waals surface area contributed by atoms with Gasteiger partial charge in [0.05, 0.1) is 12.6 Å². The SMILES string of the molecule is CCN(CC)C(=O)c1ccc(NC(=O)CNCC2CCCO2)cc1.Cl. The minimum atomic E-state index is -0.101. The summed E-state index contributed by atoms with van der Waals surface area (Å²) in [6.07, 6.45) is 2.37. The number of benzene rings is 1. The largest absolute Gasteiger partial charge is 0.377 e. The molecule has 2 rings (SSSR count). The van der Waals surface area contributed by atoms with E-state index in [0.29, 0.717) is 30.9 Å². The van der Waals surface area contributed by atoms with Gasteiger partial charge in [0, 0.05) is 37.5 Å². The third kappa shape index (κ3) is 6.65. The Kier molecular flexibility index (Phi) is 9.49. The fourth-order valence-electron chi connectivity index (χ4n) is 2.75. The summed E-state index contributed by atoms with van der Waals surface area (Å²) < 4.78 is 5.50. The molecule has 0 bridgehead atoms. The molecule has 1 unspecified atom stereocenters. The van der Waals surface area contributed by atoms with Crippen molar-refractivity contribution in [2.24, 2.45) is 0 Å². The van der Waals surface area contributed by atoms with Gasteiger partial charge in [-0.15, -0.1) is 12.4 Å². The molecule has 140 valence electrons. The second-order valence-corrected chi connectivity index (χ2v) is 5.87. The molecule has 0 saturated carbocycles. The molecule has 1 aromatic carbocycles. The van der Waals surface area contributed by atoms with E-state index in [1.165, 1.54) is 0 Å². The van der Waals surface area contributed by atoms with Crippen LogP contribution in [0.2, 0.25) is 0 Å². The van der Waals surface area contributed by atoms with Crippen molar-refractivity contribution in [3.05, 3.63) is 29.8 Å². The van der Waals surface area contributed by atoms with Crippen LogP contribution in [0.5, 0.6) is 0 Å². The van der Waals surface area contributed by atoms with Gasteiger partial charge in [-0.2, -0.15) is 0 Å². The molecule has 1 fully saturated rings. The van der Waals surface area contributed by atoms with Crippen molar-refractivity contribution in [3.8, 4) is 0 Å². The smallest absolute Gasteiger partial charge is 0.253 e. The minimum Gasteiger partial charge on any atom is -0.377 e. The number of rotatable bonds is 8. The maximum atomic E-state index is 12.2. The van der Waals surface area contributed by atoms with Crippen LogP contribution in [0.15, 0.2) is 24.3 Å². The van der Waals surface area contributed by atoms with Crippen molar-refractivity contribution in [3.63, 3.8) is 0 Å². The highest BCUT2D eigenvalue weighted by Gasteiger charge is 2.15. The highest BCUT2D eigenvalue weighted by molar-refractivity contribution is 5.96. The summed E-state index contributed by atoms with van der Waals surface area (Å²) in [5.41, 5.74) is 1.32. The third-order valence-electron chi connectivity index (χ3n) is 4.15. The standard InChI is InChI=1S/C18H27N3O3.ClH/c1-3-21(4-2)18(23)14-7-9-15(10-8-14)20-17(22)13-19-12-16-6-5-11-24-16;/h7-10,16,19H,3-6,11-13H2,1-2H3,(H,20,22);1H. The van der Waals surface area contributed by atoms with E-state index in [0.717, 1.165) is 19.4 Å². The van der Waals surface area contributed by atoms with Crippen LogP contribution in [0.3, 0.4) is 0 Å². The molecule has 0 spiro atoms. The molecule has 1 saturated heterocycles. The van der Waals surface area contributed by atoms with Gasteiger partial charge in [0.25, 0.3) is 5.91 Å². The Labute approximate surface area is 155 Å². The molecule has 0 aliphatic carbocycles. The number of carbonyl (C=O) groups excluding carboxylic acids is 2. The van der Waals surface area contributed by atoms with Crippen LogP contribution in [0.4, 0.5) is 5.69 Å². The molecule has 0 aromatic heterocycles. The number of hydrogen-bond donors (Lipinski definition) is 2. The van der Waals surface area contributed by atoms with Crippen LogP contribution in [-0.4, -0.2) is 55.6 Å². The molecule has 1 atom stereocenters. The van der Waals surface area contributed by atoms with E-state index in [-0.39, 0.29) is 36.9 Å². The summed E-state index contributed by atoms with van der Waals surface area (Å²) in [7, 11) is 0. The topological polar surface area (TPSA) is 70.7 Å². The van der Waals surface area contributed by atoms with E-state index in [2.05, 4.69) is 10.6 Å². The van der Waals surface area contributed by atoms with Gasteiger partial charge >= 0.3 is 0 Å². The van der Waals surface area contributed by atoms with E-state index in [9.17, 15) is 9.59 Å². The van der Waals surface area contributed by atoms with Gasteiger partial charge in [-0.05, 0) is 51.0 Å². The Morgan fingerprint density at radius 2 is 1.88 bits per heavy atom. The van der Waals surface area contributed by atoms with E-state index < -0.39 is 0 Å². The Morgan fingerprint density at radius 1 is 1.20 bits per heavy atom. The Morgan fingerprint density at radius 3 is 2.44 bits per heavy atom. The number of halogens is 1. The fraction of sp³-hybridized carbons (Fsp3) is 0.556. The van der Waals surface area contributed by atoms with Crippen molar-refractivity contribution in [2.45, 2.75) is 32.8 Å². The van der Waals surface area contributed by atoms with Gasteiger partial charge in [0.15, 0.2) is 0 Å². The average Bonchev–Trinajstić information content (AvgIpc) is 3.10.